The van der Waals surface area contributed by atoms with E-state index in [4.69, 9.17) is 4.74 Å². The Kier molecular flexibility index (Phi) is 4.45. The van der Waals surface area contributed by atoms with Crippen LogP contribution in [0.4, 0.5) is 0 Å². The fourth-order valence-corrected chi connectivity index (χ4v) is 1.91. The fourth-order valence-electron chi connectivity index (χ4n) is 1.91. The molecule has 0 aromatic carbocycles. The van der Waals surface area contributed by atoms with Crippen LogP contribution in [-0.4, -0.2) is 28.7 Å². The van der Waals surface area contributed by atoms with Gasteiger partial charge in [-0.25, -0.2) is 9.97 Å². The third-order valence-electron chi connectivity index (χ3n) is 2.91. The van der Waals surface area contributed by atoms with Gasteiger partial charge >= 0.3 is 0 Å². The molecule has 1 aliphatic rings. The lowest BCUT2D eigenvalue weighted by molar-refractivity contribution is 0.110. The molecule has 4 heteroatoms. The molecule has 0 saturated carbocycles. The Balaban J connectivity index is 1.84. The first-order valence-corrected chi connectivity index (χ1v) is 6.39. The van der Waals surface area contributed by atoms with E-state index in [1.807, 2.05) is 12.4 Å². The molecule has 2 rings (SSSR count). The van der Waals surface area contributed by atoms with Gasteiger partial charge in [0.1, 0.15) is 5.82 Å². The third-order valence-corrected chi connectivity index (χ3v) is 2.91. The van der Waals surface area contributed by atoms with Crippen molar-refractivity contribution < 1.29 is 4.74 Å². The highest BCUT2D eigenvalue weighted by Crippen LogP contribution is 2.15. The highest BCUT2D eigenvalue weighted by molar-refractivity contribution is 5.05. The molecule has 94 valence electrons. The van der Waals surface area contributed by atoms with E-state index >= 15 is 0 Å². The minimum atomic E-state index is 0.328. The van der Waals surface area contributed by atoms with Crippen LogP contribution in [0.5, 0.6) is 0 Å². The molecule has 1 N–H and O–H groups in total. The normalized spacial score (nSPS) is 20.1. The lowest BCUT2D eigenvalue weighted by atomic mass is 10.2. The summed E-state index contributed by atoms with van der Waals surface area (Å²) in [7, 11) is 0. The summed E-state index contributed by atoms with van der Waals surface area (Å²) < 4.78 is 5.57. The number of nitrogens with one attached hydrogen (secondary N) is 1. The van der Waals surface area contributed by atoms with Crippen LogP contribution in [0.1, 0.15) is 38.1 Å². The Bertz CT molecular complexity index is 331. The van der Waals surface area contributed by atoms with Crippen molar-refractivity contribution in [3.8, 4) is 0 Å². The SMILES string of the molecule is CC(C)NCc1cnc(CC2CCCO2)nc1. The smallest absolute Gasteiger partial charge is 0.130 e. The van der Waals surface area contributed by atoms with Gasteiger partial charge in [-0.2, -0.15) is 0 Å². The molecule has 1 atom stereocenters. The Morgan fingerprint density at radius 2 is 2.18 bits per heavy atom. The third kappa shape index (κ3) is 4.06. The number of hydrogen-bond donors (Lipinski definition) is 1. The summed E-state index contributed by atoms with van der Waals surface area (Å²) in [6.45, 7) is 5.98. The molecule has 0 spiro atoms. The van der Waals surface area contributed by atoms with E-state index < -0.39 is 0 Å². The summed E-state index contributed by atoms with van der Waals surface area (Å²) in [5.74, 6) is 0.894. The number of ether oxygens (including phenoxy) is 1. The predicted octanol–water partition coefficient (Wildman–Crippen LogP) is 1.70. The highest BCUT2D eigenvalue weighted by atomic mass is 16.5. The maximum Gasteiger partial charge on any atom is 0.130 e. The molecule has 0 radical (unpaired) electrons. The van der Waals surface area contributed by atoms with E-state index in [1.54, 1.807) is 0 Å². The minimum Gasteiger partial charge on any atom is -0.378 e. The lowest BCUT2D eigenvalue weighted by Crippen LogP contribution is -2.22. The van der Waals surface area contributed by atoms with Crippen LogP contribution in [0.3, 0.4) is 0 Å². The zero-order valence-corrected chi connectivity index (χ0v) is 10.6. The maximum atomic E-state index is 5.57. The molecule has 17 heavy (non-hydrogen) atoms. The second-order valence-corrected chi connectivity index (χ2v) is 4.88. The summed E-state index contributed by atoms with van der Waals surface area (Å²) in [5, 5.41) is 3.35. The van der Waals surface area contributed by atoms with Gasteiger partial charge in [0.15, 0.2) is 0 Å². The van der Waals surface area contributed by atoms with Crippen molar-refractivity contribution in [1.82, 2.24) is 15.3 Å². The largest absolute Gasteiger partial charge is 0.378 e. The van der Waals surface area contributed by atoms with Gasteiger partial charge in [0, 0.05) is 43.6 Å². The van der Waals surface area contributed by atoms with Gasteiger partial charge in [0.25, 0.3) is 0 Å². The fraction of sp³-hybridized carbons (Fsp3) is 0.692. The summed E-state index contributed by atoms with van der Waals surface area (Å²) in [4.78, 5) is 8.78. The highest BCUT2D eigenvalue weighted by Gasteiger charge is 2.16. The molecule has 1 fully saturated rings. The van der Waals surface area contributed by atoms with Crippen molar-refractivity contribution in [3.05, 3.63) is 23.8 Å². The molecule has 2 heterocycles. The van der Waals surface area contributed by atoms with Crippen LogP contribution in [0.25, 0.3) is 0 Å². The molecule has 0 aliphatic carbocycles. The van der Waals surface area contributed by atoms with E-state index in [0.717, 1.165) is 37.4 Å². The quantitative estimate of drug-likeness (QED) is 0.843. The van der Waals surface area contributed by atoms with Gasteiger partial charge in [-0.05, 0) is 12.8 Å². The van der Waals surface area contributed by atoms with E-state index in [9.17, 15) is 0 Å². The zero-order valence-electron chi connectivity index (χ0n) is 10.6. The standard InChI is InChI=1S/C13H21N3O/c1-10(2)14-7-11-8-15-13(16-9-11)6-12-4-3-5-17-12/h8-10,12,14H,3-7H2,1-2H3. The first-order chi connectivity index (χ1) is 8.24. The first-order valence-electron chi connectivity index (χ1n) is 6.39. The Morgan fingerprint density at radius 1 is 1.41 bits per heavy atom. The zero-order chi connectivity index (χ0) is 12.1. The second kappa shape index (κ2) is 6.07. The summed E-state index contributed by atoms with van der Waals surface area (Å²) >= 11 is 0. The van der Waals surface area contributed by atoms with Crippen molar-refractivity contribution >= 4 is 0 Å². The van der Waals surface area contributed by atoms with Crippen LogP contribution >= 0.6 is 0 Å². The molecular formula is C13H21N3O. The number of rotatable bonds is 5. The minimum absolute atomic E-state index is 0.328. The predicted molar refractivity (Wildman–Crippen MR) is 66.7 cm³/mol. The van der Waals surface area contributed by atoms with Gasteiger partial charge < -0.3 is 10.1 Å². The van der Waals surface area contributed by atoms with Gasteiger partial charge in [-0.3, -0.25) is 0 Å². The van der Waals surface area contributed by atoms with E-state index in [2.05, 4.69) is 29.1 Å². The molecule has 1 unspecified atom stereocenters. The van der Waals surface area contributed by atoms with Crippen molar-refractivity contribution in [3.63, 3.8) is 0 Å². The van der Waals surface area contributed by atoms with E-state index in [1.165, 1.54) is 6.42 Å². The molecule has 1 aromatic heterocycles. The van der Waals surface area contributed by atoms with Gasteiger partial charge in [0.05, 0.1) is 6.10 Å². The molecule has 0 bridgehead atoms. The van der Waals surface area contributed by atoms with E-state index in [0.29, 0.717) is 12.1 Å². The van der Waals surface area contributed by atoms with Crippen LogP contribution in [-0.2, 0) is 17.7 Å². The van der Waals surface area contributed by atoms with Crippen LogP contribution in [0, 0.1) is 0 Å². The van der Waals surface area contributed by atoms with Crippen LogP contribution in [0.15, 0.2) is 12.4 Å². The van der Waals surface area contributed by atoms with Crippen molar-refractivity contribution in [2.24, 2.45) is 0 Å². The topological polar surface area (TPSA) is 47.0 Å². The average Bonchev–Trinajstić information content (AvgIpc) is 2.81. The van der Waals surface area contributed by atoms with Gasteiger partial charge in [0.2, 0.25) is 0 Å². The van der Waals surface area contributed by atoms with Gasteiger partial charge in [-0.1, -0.05) is 13.8 Å². The van der Waals surface area contributed by atoms with Crippen molar-refractivity contribution in [2.45, 2.75) is 51.8 Å². The number of aromatic nitrogens is 2. The monoisotopic (exact) mass is 235 g/mol. The molecule has 1 aromatic rings. The number of hydrogen-bond acceptors (Lipinski definition) is 4. The number of nitrogens with zero attached hydrogens (tertiary/aromatic N) is 2. The van der Waals surface area contributed by atoms with Crippen molar-refractivity contribution in [2.75, 3.05) is 6.61 Å². The van der Waals surface area contributed by atoms with Crippen molar-refractivity contribution in [1.29, 1.82) is 0 Å². The first kappa shape index (κ1) is 12.5. The maximum absolute atomic E-state index is 5.57. The van der Waals surface area contributed by atoms with Gasteiger partial charge in [-0.15, -0.1) is 0 Å². The lowest BCUT2D eigenvalue weighted by Gasteiger charge is -2.09. The molecule has 1 aliphatic heterocycles. The van der Waals surface area contributed by atoms with Crippen LogP contribution < -0.4 is 5.32 Å². The van der Waals surface area contributed by atoms with E-state index in [-0.39, 0.29) is 0 Å². The molecule has 4 nitrogen and oxygen atoms in total. The molecule has 0 amide bonds. The summed E-state index contributed by atoms with van der Waals surface area (Å²) in [6.07, 6.45) is 7.30. The Labute approximate surface area is 103 Å². The average molecular weight is 235 g/mol. The second-order valence-electron chi connectivity index (χ2n) is 4.88. The summed E-state index contributed by atoms with van der Waals surface area (Å²) in [5.41, 5.74) is 1.13. The Morgan fingerprint density at radius 3 is 2.76 bits per heavy atom. The van der Waals surface area contributed by atoms with Crippen LogP contribution in [0.2, 0.25) is 0 Å². The summed E-state index contributed by atoms with van der Waals surface area (Å²) in [6, 6.07) is 0.488. The molecular weight excluding hydrogens is 214 g/mol. The molecule has 1 saturated heterocycles. The Hall–Kier alpha value is -1.00.